The maximum Gasteiger partial charge on any atom is 0.247 e. The zero-order valence-electron chi connectivity index (χ0n) is 20.3. The summed E-state index contributed by atoms with van der Waals surface area (Å²) in [6.45, 7) is 7.96. The molecule has 4 rings (SSSR count). The number of benzene rings is 1. The van der Waals surface area contributed by atoms with Gasteiger partial charge in [0.2, 0.25) is 11.8 Å². The fraction of sp³-hybridized carbons (Fsp3) is 0.667. The summed E-state index contributed by atoms with van der Waals surface area (Å²) < 4.78 is 11.9. The van der Waals surface area contributed by atoms with Crippen LogP contribution in [0.5, 0.6) is 5.75 Å². The van der Waals surface area contributed by atoms with Gasteiger partial charge in [-0.25, -0.2) is 0 Å². The molecule has 2 amide bonds. The van der Waals surface area contributed by atoms with Crippen molar-refractivity contribution in [2.45, 2.75) is 70.4 Å². The van der Waals surface area contributed by atoms with E-state index in [9.17, 15) is 9.59 Å². The van der Waals surface area contributed by atoms with Crippen LogP contribution < -0.4 is 20.7 Å². The highest BCUT2D eigenvalue weighted by atomic mass is 35.5. The summed E-state index contributed by atoms with van der Waals surface area (Å²) in [5, 5.41) is 9.56. The van der Waals surface area contributed by atoms with Gasteiger partial charge in [-0.1, -0.05) is 32.0 Å². The van der Waals surface area contributed by atoms with Crippen LogP contribution >= 0.6 is 24.8 Å². The lowest BCUT2D eigenvalue weighted by atomic mass is 9.84. The number of fused-ring (bicyclic) bond motifs is 2. The van der Waals surface area contributed by atoms with Crippen LogP contribution in [0.1, 0.15) is 51.6 Å². The van der Waals surface area contributed by atoms with Gasteiger partial charge in [0, 0.05) is 31.0 Å². The Morgan fingerprint density at radius 3 is 2.62 bits per heavy atom. The van der Waals surface area contributed by atoms with E-state index in [1.165, 1.54) is 0 Å². The molecular formula is C24H38Cl2N4O4. The highest BCUT2D eigenvalue weighted by Gasteiger charge is 2.51. The number of halogens is 2. The van der Waals surface area contributed by atoms with Gasteiger partial charge >= 0.3 is 0 Å². The molecular weight excluding hydrogens is 479 g/mol. The van der Waals surface area contributed by atoms with Gasteiger partial charge in [0.1, 0.15) is 18.0 Å². The highest BCUT2D eigenvalue weighted by Crippen LogP contribution is 2.42. The van der Waals surface area contributed by atoms with Crippen LogP contribution in [0, 0.1) is 5.41 Å². The second-order valence-corrected chi connectivity index (χ2v) is 9.78. The molecule has 5 atom stereocenters. The Labute approximate surface area is 214 Å². The fourth-order valence-corrected chi connectivity index (χ4v) is 5.07. The third kappa shape index (κ3) is 5.79. The van der Waals surface area contributed by atoms with Gasteiger partial charge in [-0.3, -0.25) is 9.59 Å². The summed E-state index contributed by atoms with van der Waals surface area (Å²) in [6, 6.07) is 7.35. The van der Waals surface area contributed by atoms with Crippen molar-refractivity contribution < 1.29 is 19.1 Å². The van der Waals surface area contributed by atoms with Gasteiger partial charge in [0.05, 0.1) is 25.3 Å². The van der Waals surface area contributed by atoms with E-state index in [0.717, 1.165) is 24.2 Å². The van der Waals surface area contributed by atoms with E-state index in [1.807, 2.05) is 23.1 Å². The van der Waals surface area contributed by atoms with Crippen molar-refractivity contribution in [3.8, 4) is 5.75 Å². The van der Waals surface area contributed by atoms with Gasteiger partial charge < -0.3 is 30.3 Å². The van der Waals surface area contributed by atoms with Crippen LogP contribution in [-0.2, 0) is 14.3 Å². The Morgan fingerprint density at radius 1 is 1.18 bits per heavy atom. The SMILES string of the molecule is CNC(C)C(=O)N[C@H]1CCO[C@H]2CC(C)(C)[C@@H](CN[C@@H]3CCOc4ccccc43)N2C1=O.Cl.Cl. The summed E-state index contributed by atoms with van der Waals surface area (Å²) in [7, 11) is 1.73. The molecule has 0 spiro atoms. The molecule has 2 saturated heterocycles. The number of hydrogen-bond acceptors (Lipinski definition) is 6. The minimum absolute atomic E-state index is 0. The van der Waals surface area contributed by atoms with E-state index < -0.39 is 6.04 Å². The van der Waals surface area contributed by atoms with Gasteiger partial charge in [-0.05, 0) is 31.9 Å². The van der Waals surface area contributed by atoms with Crippen LogP contribution in [-0.4, -0.2) is 67.9 Å². The van der Waals surface area contributed by atoms with Crippen molar-refractivity contribution in [1.29, 1.82) is 0 Å². The molecule has 10 heteroatoms. The van der Waals surface area contributed by atoms with Crippen LogP contribution in [0.2, 0.25) is 0 Å². The Bertz CT molecular complexity index is 856. The summed E-state index contributed by atoms with van der Waals surface area (Å²) in [4.78, 5) is 27.9. The van der Waals surface area contributed by atoms with Gasteiger partial charge in [-0.2, -0.15) is 0 Å². The smallest absolute Gasteiger partial charge is 0.247 e. The molecule has 0 radical (unpaired) electrons. The Morgan fingerprint density at radius 2 is 1.88 bits per heavy atom. The predicted molar refractivity (Wildman–Crippen MR) is 136 cm³/mol. The topological polar surface area (TPSA) is 91.9 Å². The van der Waals surface area contributed by atoms with Crippen molar-refractivity contribution in [1.82, 2.24) is 20.9 Å². The molecule has 8 nitrogen and oxygen atoms in total. The second-order valence-electron chi connectivity index (χ2n) is 9.78. The number of rotatable bonds is 6. The number of likely N-dealkylation sites (N-methyl/N-ethyl adjacent to an activating group) is 1. The lowest BCUT2D eigenvalue weighted by Crippen LogP contribution is -2.56. The Kier molecular flexibility index (Phi) is 10.0. The molecule has 34 heavy (non-hydrogen) atoms. The highest BCUT2D eigenvalue weighted by molar-refractivity contribution is 5.90. The van der Waals surface area contributed by atoms with Crippen molar-refractivity contribution in [2.24, 2.45) is 5.41 Å². The van der Waals surface area contributed by atoms with Crippen LogP contribution in [0.3, 0.4) is 0 Å². The summed E-state index contributed by atoms with van der Waals surface area (Å²) in [6.07, 6.45) is 1.90. The molecule has 2 fully saturated rings. The maximum atomic E-state index is 13.6. The average Bonchev–Trinajstić information content (AvgIpc) is 2.95. The first-order valence-corrected chi connectivity index (χ1v) is 11.7. The normalized spacial score (nSPS) is 28.2. The number of para-hydroxylation sites is 1. The molecule has 1 aromatic carbocycles. The van der Waals surface area contributed by atoms with Gasteiger partial charge in [-0.15, -0.1) is 24.8 Å². The molecule has 3 aliphatic rings. The quantitative estimate of drug-likeness (QED) is 0.537. The molecule has 1 aromatic rings. The number of nitrogens with zero attached hydrogens (tertiary/aromatic N) is 1. The monoisotopic (exact) mass is 516 g/mol. The molecule has 0 aromatic heterocycles. The van der Waals surface area contributed by atoms with Crippen molar-refractivity contribution >= 4 is 36.6 Å². The van der Waals surface area contributed by atoms with Crippen LogP contribution in [0.4, 0.5) is 0 Å². The van der Waals surface area contributed by atoms with E-state index >= 15 is 0 Å². The summed E-state index contributed by atoms with van der Waals surface area (Å²) in [5.74, 6) is 0.709. The molecule has 3 N–H and O–H groups in total. The van der Waals surface area contributed by atoms with Gasteiger partial charge in [0.25, 0.3) is 0 Å². The molecule has 0 aliphatic carbocycles. The maximum absolute atomic E-state index is 13.6. The first kappa shape index (κ1) is 28.7. The van der Waals surface area contributed by atoms with E-state index in [2.05, 4.69) is 35.9 Å². The minimum atomic E-state index is -0.566. The third-order valence-electron chi connectivity index (χ3n) is 7.18. The Hall–Kier alpha value is -1.58. The average molecular weight is 517 g/mol. The molecule has 192 valence electrons. The molecule has 3 heterocycles. The zero-order chi connectivity index (χ0) is 22.9. The number of nitrogens with one attached hydrogen (secondary N) is 3. The van der Waals surface area contributed by atoms with Crippen LogP contribution in [0.15, 0.2) is 24.3 Å². The fourth-order valence-electron chi connectivity index (χ4n) is 5.07. The molecule has 3 aliphatic heterocycles. The van der Waals surface area contributed by atoms with Crippen molar-refractivity contribution in [2.75, 3.05) is 26.8 Å². The molecule has 0 bridgehead atoms. The predicted octanol–water partition coefficient (Wildman–Crippen LogP) is 2.41. The third-order valence-corrected chi connectivity index (χ3v) is 7.18. The van der Waals surface area contributed by atoms with Gasteiger partial charge in [0.15, 0.2) is 0 Å². The first-order valence-electron chi connectivity index (χ1n) is 11.7. The minimum Gasteiger partial charge on any atom is -0.493 e. The number of carbonyl (C=O) groups is 2. The Balaban J connectivity index is 0.00000204. The summed E-state index contributed by atoms with van der Waals surface area (Å²) >= 11 is 0. The lowest BCUT2D eigenvalue weighted by Gasteiger charge is -2.36. The number of hydrogen-bond donors (Lipinski definition) is 3. The lowest BCUT2D eigenvalue weighted by molar-refractivity contribution is -0.144. The van der Waals surface area contributed by atoms with Crippen molar-refractivity contribution in [3.05, 3.63) is 29.8 Å². The molecule has 1 unspecified atom stereocenters. The van der Waals surface area contributed by atoms with Crippen LogP contribution in [0.25, 0.3) is 0 Å². The zero-order valence-corrected chi connectivity index (χ0v) is 22.0. The first-order chi connectivity index (χ1) is 15.3. The number of amides is 2. The second kappa shape index (κ2) is 11.9. The van der Waals surface area contributed by atoms with E-state index in [4.69, 9.17) is 9.47 Å². The number of carbonyl (C=O) groups excluding carboxylic acids is 2. The number of ether oxygens (including phenoxy) is 2. The molecule has 0 saturated carbocycles. The standard InChI is InChI=1S/C24H36N4O4.2ClH/c1-15(25-4)22(29)27-18-10-12-32-21-13-24(2,3)20(28(21)23(18)30)14-26-17-9-11-31-19-8-6-5-7-16(17)19;;/h5-8,15,17-18,20-21,25-26H,9-14H2,1-4H3,(H,27,29);2*1H/t15?,17-,18+,20-,21+;;/m1../s1. The largest absolute Gasteiger partial charge is 0.493 e. The van der Waals surface area contributed by atoms with E-state index in [0.29, 0.717) is 26.2 Å². The van der Waals surface area contributed by atoms with E-state index in [-0.39, 0.29) is 66.4 Å². The summed E-state index contributed by atoms with van der Waals surface area (Å²) in [5.41, 5.74) is 1.05. The van der Waals surface area contributed by atoms with E-state index in [1.54, 1.807) is 14.0 Å². The van der Waals surface area contributed by atoms with Crippen molar-refractivity contribution in [3.63, 3.8) is 0 Å².